The van der Waals surface area contributed by atoms with Gasteiger partial charge in [0.1, 0.15) is 5.75 Å². The lowest BCUT2D eigenvalue weighted by atomic mass is 9.73. The molecule has 0 radical (unpaired) electrons. The second-order valence-corrected chi connectivity index (χ2v) is 4.27. The average Bonchev–Trinajstić information content (AvgIpc) is 2.14. The fourth-order valence-electron chi connectivity index (χ4n) is 1.82. The first-order valence-corrected chi connectivity index (χ1v) is 5.16. The molecule has 0 aliphatic heterocycles. The first kappa shape index (κ1) is 9.81. The highest BCUT2D eigenvalue weighted by Gasteiger charge is 2.34. The van der Waals surface area contributed by atoms with E-state index < -0.39 is 0 Å². The Morgan fingerprint density at radius 3 is 2.57 bits per heavy atom. The zero-order valence-electron chi connectivity index (χ0n) is 8.22. The first-order valence-electron chi connectivity index (χ1n) is 4.79. The van der Waals surface area contributed by atoms with Crippen LogP contribution in [-0.4, -0.2) is 7.11 Å². The topological polar surface area (TPSA) is 35.2 Å². The standard InChI is InChI=1S/C11H14ClNO/c1-14-10-4-3-8(7-9(10)12)11(13)5-2-6-11/h3-4,7H,2,5-6,13H2,1H3. The molecule has 1 aliphatic carbocycles. The molecule has 1 saturated carbocycles. The Labute approximate surface area is 89.0 Å². The van der Waals surface area contributed by atoms with E-state index in [-0.39, 0.29) is 5.54 Å². The second-order valence-electron chi connectivity index (χ2n) is 3.86. The quantitative estimate of drug-likeness (QED) is 0.817. The summed E-state index contributed by atoms with van der Waals surface area (Å²) < 4.78 is 5.09. The monoisotopic (exact) mass is 211 g/mol. The second kappa shape index (κ2) is 3.44. The molecular weight excluding hydrogens is 198 g/mol. The molecule has 1 aliphatic rings. The number of rotatable bonds is 2. The van der Waals surface area contributed by atoms with E-state index in [1.54, 1.807) is 7.11 Å². The normalized spacial score (nSPS) is 18.8. The third-order valence-electron chi connectivity index (χ3n) is 2.97. The molecular formula is C11H14ClNO. The first-order chi connectivity index (χ1) is 6.65. The largest absolute Gasteiger partial charge is 0.495 e. The highest BCUT2D eigenvalue weighted by molar-refractivity contribution is 6.32. The molecule has 0 heterocycles. The van der Waals surface area contributed by atoms with Gasteiger partial charge in [-0.15, -0.1) is 0 Å². The van der Waals surface area contributed by atoms with E-state index in [1.165, 1.54) is 6.42 Å². The summed E-state index contributed by atoms with van der Waals surface area (Å²) in [6.45, 7) is 0. The average molecular weight is 212 g/mol. The van der Waals surface area contributed by atoms with Crippen LogP contribution >= 0.6 is 11.6 Å². The summed E-state index contributed by atoms with van der Waals surface area (Å²) in [5.41, 5.74) is 7.16. The molecule has 0 aromatic heterocycles. The highest BCUT2D eigenvalue weighted by atomic mass is 35.5. The van der Waals surface area contributed by atoms with E-state index in [2.05, 4.69) is 0 Å². The van der Waals surface area contributed by atoms with Crippen molar-refractivity contribution in [1.29, 1.82) is 0 Å². The van der Waals surface area contributed by atoms with E-state index in [4.69, 9.17) is 22.1 Å². The Hall–Kier alpha value is -0.730. The summed E-state index contributed by atoms with van der Waals surface area (Å²) in [5.74, 6) is 0.707. The Bertz CT molecular complexity index is 347. The van der Waals surface area contributed by atoms with Crippen LogP contribution in [0.3, 0.4) is 0 Å². The number of nitrogens with two attached hydrogens (primary N) is 1. The molecule has 0 spiro atoms. The molecule has 0 bridgehead atoms. The Balaban J connectivity index is 2.32. The maximum absolute atomic E-state index is 6.19. The number of benzene rings is 1. The van der Waals surface area contributed by atoms with E-state index in [1.807, 2.05) is 18.2 Å². The van der Waals surface area contributed by atoms with Crippen LogP contribution in [0.2, 0.25) is 5.02 Å². The van der Waals surface area contributed by atoms with E-state index in [0.717, 1.165) is 18.4 Å². The van der Waals surface area contributed by atoms with Gasteiger partial charge in [-0.2, -0.15) is 0 Å². The molecule has 76 valence electrons. The minimum absolute atomic E-state index is 0.143. The summed E-state index contributed by atoms with van der Waals surface area (Å²) in [5, 5.41) is 0.640. The molecule has 14 heavy (non-hydrogen) atoms. The SMILES string of the molecule is COc1ccc(C2(N)CCC2)cc1Cl. The van der Waals surface area contributed by atoms with Gasteiger partial charge in [0.05, 0.1) is 12.1 Å². The third-order valence-corrected chi connectivity index (χ3v) is 3.27. The van der Waals surface area contributed by atoms with Gasteiger partial charge in [-0.25, -0.2) is 0 Å². The number of hydrogen-bond acceptors (Lipinski definition) is 2. The third kappa shape index (κ3) is 1.49. The Morgan fingerprint density at radius 2 is 2.14 bits per heavy atom. The van der Waals surface area contributed by atoms with Crippen LogP contribution in [0.15, 0.2) is 18.2 Å². The smallest absolute Gasteiger partial charge is 0.137 e. The van der Waals surface area contributed by atoms with Gasteiger partial charge in [-0.05, 0) is 37.0 Å². The van der Waals surface area contributed by atoms with Crippen LogP contribution in [0.1, 0.15) is 24.8 Å². The molecule has 1 fully saturated rings. The lowest BCUT2D eigenvalue weighted by Gasteiger charge is -2.38. The molecule has 2 rings (SSSR count). The van der Waals surface area contributed by atoms with Crippen LogP contribution in [-0.2, 0) is 5.54 Å². The van der Waals surface area contributed by atoms with Gasteiger partial charge in [0.15, 0.2) is 0 Å². The lowest BCUT2D eigenvalue weighted by molar-refractivity contribution is 0.253. The van der Waals surface area contributed by atoms with E-state index in [0.29, 0.717) is 10.8 Å². The lowest BCUT2D eigenvalue weighted by Crippen LogP contribution is -2.43. The molecule has 0 unspecified atom stereocenters. The summed E-state index contributed by atoms with van der Waals surface area (Å²) in [4.78, 5) is 0. The molecule has 3 heteroatoms. The number of halogens is 1. The van der Waals surface area contributed by atoms with Gasteiger partial charge in [-0.3, -0.25) is 0 Å². The van der Waals surface area contributed by atoms with Crippen molar-refractivity contribution in [2.45, 2.75) is 24.8 Å². The van der Waals surface area contributed by atoms with Gasteiger partial charge >= 0.3 is 0 Å². The van der Waals surface area contributed by atoms with Crippen LogP contribution in [0.4, 0.5) is 0 Å². The zero-order valence-corrected chi connectivity index (χ0v) is 8.97. The molecule has 1 aromatic carbocycles. The van der Waals surface area contributed by atoms with Crippen molar-refractivity contribution in [2.24, 2.45) is 5.73 Å². The Morgan fingerprint density at radius 1 is 1.43 bits per heavy atom. The summed E-state index contributed by atoms with van der Waals surface area (Å²) in [7, 11) is 1.61. The van der Waals surface area contributed by atoms with Crippen molar-refractivity contribution in [3.63, 3.8) is 0 Å². The summed E-state index contributed by atoms with van der Waals surface area (Å²) >= 11 is 6.04. The van der Waals surface area contributed by atoms with Gasteiger partial charge in [0.25, 0.3) is 0 Å². The minimum Gasteiger partial charge on any atom is -0.495 e. The van der Waals surface area contributed by atoms with E-state index in [9.17, 15) is 0 Å². The van der Waals surface area contributed by atoms with Gasteiger partial charge in [-0.1, -0.05) is 17.7 Å². The number of methoxy groups -OCH3 is 1. The highest BCUT2D eigenvalue weighted by Crippen LogP contribution is 2.40. The van der Waals surface area contributed by atoms with Crippen molar-refractivity contribution in [1.82, 2.24) is 0 Å². The van der Waals surface area contributed by atoms with Crippen LogP contribution in [0.25, 0.3) is 0 Å². The molecule has 0 saturated heterocycles. The molecule has 2 nitrogen and oxygen atoms in total. The molecule has 0 amide bonds. The Kier molecular flexibility index (Phi) is 2.41. The van der Waals surface area contributed by atoms with Gasteiger partial charge < -0.3 is 10.5 Å². The van der Waals surface area contributed by atoms with Gasteiger partial charge in [0, 0.05) is 5.54 Å². The minimum atomic E-state index is -0.143. The van der Waals surface area contributed by atoms with Crippen molar-refractivity contribution < 1.29 is 4.74 Å². The number of ether oxygens (including phenoxy) is 1. The van der Waals surface area contributed by atoms with Crippen LogP contribution in [0.5, 0.6) is 5.75 Å². The fourth-order valence-corrected chi connectivity index (χ4v) is 2.08. The van der Waals surface area contributed by atoms with Crippen LogP contribution < -0.4 is 10.5 Å². The zero-order chi connectivity index (χ0) is 10.2. The van der Waals surface area contributed by atoms with Crippen molar-refractivity contribution >= 4 is 11.6 Å². The maximum atomic E-state index is 6.19. The van der Waals surface area contributed by atoms with Crippen molar-refractivity contribution in [2.75, 3.05) is 7.11 Å². The predicted octanol–water partition coefficient (Wildman–Crippen LogP) is 2.69. The number of hydrogen-bond donors (Lipinski definition) is 1. The van der Waals surface area contributed by atoms with Crippen molar-refractivity contribution in [3.8, 4) is 5.75 Å². The van der Waals surface area contributed by atoms with Crippen molar-refractivity contribution in [3.05, 3.63) is 28.8 Å². The summed E-state index contributed by atoms with van der Waals surface area (Å²) in [6, 6.07) is 5.80. The van der Waals surface area contributed by atoms with E-state index >= 15 is 0 Å². The predicted molar refractivity (Wildman–Crippen MR) is 57.7 cm³/mol. The maximum Gasteiger partial charge on any atom is 0.137 e. The van der Waals surface area contributed by atoms with Crippen LogP contribution in [0, 0.1) is 0 Å². The molecule has 1 aromatic rings. The van der Waals surface area contributed by atoms with Gasteiger partial charge in [0.2, 0.25) is 0 Å². The fraction of sp³-hybridized carbons (Fsp3) is 0.455. The summed E-state index contributed by atoms with van der Waals surface area (Å²) in [6.07, 6.45) is 3.31. The molecule has 2 N–H and O–H groups in total. The molecule has 0 atom stereocenters.